The highest BCUT2D eigenvalue weighted by molar-refractivity contribution is 4.66. The fraction of sp³-hybridized carbons (Fsp3) is 1.00. The van der Waals surface area contributed by atoms with E-state index in [4.69, 9.17) is 4.74 Å². The van der Waals surface area contributed by atoms with Crippen molar-refractivity contribution in [2.24, 2.45) is 0 Å². The minimum atomic E-state index is 0.359. The van der Waals surface area contributed by atoms with Crippen molar-refractivity contribution < 1.29 is 4.74 Å². The molecule has 0 aromatic carbocycles. The van der Waals surface area contributed by atoms with Crippen LogP contribution in [0.2, 0.25) is 0 Å². The van der Waals surface area contributed by atoms with E-state index in [0.29, 0.717) is 6.10 Å². The summed E-state index contributed by atoms with van der Waals surface area (Å²) in [5.74, 6) is 0. The number of hydrogen-bond donors (Lipinski definition) is 0. The molecule has 1 heterocycles. The Morgan fingerprint density at radius 1 is 1.19 bits per heavy atom. The van der Waals surface area contributed by atoms with E-state index in [1.807, 2.05) is 0 Å². The first-order valence-corrected chi connectivity index (χ1v) is 6.71. The van der Waals surface area contributed by atoms with Crippen LogP contribution in [0.1, 0.15) is 33.1 Å². The van der Waals surface area contributed by atoms with E-state index in [-0.39, 0.29) is 0 Å². The highest BCUT2D eigenvalue weighted by Crippen LogP contribution is 2.07. The van der Waals surface area contributed by atoms with Crippen molar-refractivity contribution in [3.63, 3.8) is 0 Å². The van der Waals surface area contributed by atoms with Crippen molar-refractivity contribution in [1.29, 1.82) is 0 Å². The highest BCUT2D eigenvalue weighted by Gasteiger charge is 2.10. The quantitative estimate of drug-likeness (QED) is 0.630. The maximum Gasteiger partial charge on any atom is 0.0596 e. The zero-order chi connectivity index (χ0) is 11.8. The summed E-state index contributed by atoms with van der Waals surface area (Å²) in [6, 6.07) is 0. The summed E-state index contributed by atoms with van der Waals surface area (Å²) in [4.78, 5) is 4.96. The Morgan fingerprint density at radius 3 is 2.50 bits per heavy atom. The molecule has 1 rings (SSSR count). The first-order chi connectivity index (χ1) is 7.68. The maximum atomic E-state index is 5.54. The maximum absolute atomic E-state index is 5.54. The van der Waals surface area contributed by atoms with E-state index in [2.05, 4.69) is 30.7 Å². The fourth-order valence-electron chi connectivity index (χ4n) is 2.13. The lowest BCUT2D eigenvalue weighted by Crippen LogP contribution is -2.29. The fourth-order valence-corrected chi connectivity index (χ4v) is 2.13. The molecule has 0 N–H and O–H groups in total. The third-order valence-electron chi connectivity index (χ3n) is 3.14. The van der Waals surface area contributed by atoms with Gasteiger partial charge in [0.2, 0.25) is 0 Å². The predicted octanol–water partition coefficient (Wildman–Crippen LogP) is 1.83. The zero-order valence-electron chi connectivity index (χ0n) is 11.2. The topological polar surface area (TPSA) is 15.7 Å². The SMILES string of the molecule is CC(C)OCCN(C)CCCN1CCCC1. The molecule has 0 aromatic heterocycles. The molecular weight excluding hydrogens is 200 g/mol. The minimum absolute atomic E-state index is 0.359. The second kappa shape index (κ2) is 8.04. The van der Waals surface area contributed by atoms with Gasteiger partial charge in [-0.25, -0.2) is 0 Å². The first-order valence-electron chi connectivity index (χ1n) is 6.71. The molecule has 3 nitrogen and oxygen atoms in total. The van der Waals surface area contributed by atoms with Crippen LogP contribution in [0.25, 0.3) is 0 Å². The Labute approximate surface area is 101 Å². The average Bonchev–Trinajstić information content (AvgIpc) is 2.70. The van der Waals surface area contributed by atoms with Gasteiger partial charge in [-0.15, -0.1) is 0 Å². The molecule has 0 amide bonds. The van der Waals surface area contributed by atoms with Gasteiger partial charge >= 0.3 is 0 Å². The Hall–Kier alpha value is -0.120. The second-order valence-electron chi connectivity index (χ2n) is 5.13. The lowest BCUT2D eigenvalue weighted by Gasteiger charge is -2.20. The molecule has 0 aromatic rings. The Kier molecular flexibility index (Phi) is 7.01. The van der Waals surface area contributed by atoms with Gasteiger partial charge in [0.1, 0.15) is 0 Å². The van der Waals surface area contributed by atoms with E-state index in [0.717, 1.165) is 13.2 Å². The zero-order valence-corrected chi connectivity index (χ0v) is 11.2. The van der Waals surface area contributed by atoms with Crippen LogP contribution in [0.5, 0.6) is 0 Å². The van der Waals surface area contributed by atoms with Gasteiger partial charge in [0.25, 0.3) is 0 Å². The van der Waals surface area contributed by atoms with Gasteiger partial charge in [0.05, 0.1) is 12.7 Å². The number of rotatable bonds is 8. The van der Waals surface area contributed by atoms with Crippen molar-refractivity contribution in [3.05, 3.63) is 0 Å². The molecule has 0 radical (unpaired) electrons. The monoisotopic (exact) mass is 228 g/mol. The standard InChI is InChI=1S/C13H28N2O/c1-13(2)16-12-11-14(3)7-6-10-15-8-4-5-9-15/h13H,4-12H2,1-3H3. The number of likely N-dealkylation sites (tertiary alicyclic amines) is 1. The van der Waals surface area contributed by atoms with Crippen molar-refractivity contribution in [2.45, 2.75) is 39.2 Å². The van der Waals surface area contributed by atoms with Gasteiger partial charge < -0.3 is 14.5 Å². The Bertz CT molecular complexity index is 167. The largest absolute Gasteiger partial charge is 0.377 e. The molecule has 0 spiro atoms. The molecule has 0 aliphatic carbocycles. The Morgan fingerprint density at radius 2 is 1.88 bits per heavy atom. The van der Waals surface area contributed by atoms with Crippen LogP contribution in [0.4, 0.5) is 0 Å². The van der Waals surface area contributed by atoms with Gasteiger partial charge in [0, 0.05) is 6.54 Å². The average molecular weight is 228 g/mol. The van der Waals surface area contributed by atoms with Crippen LogP contribution in [0.3, 0.4) is 0 Å². The van der Waals surface area contributed by atoms with E-state index in [1.165, 1.54) is 45.4 Å². The number of likely N-dealkylation sites (N-methyl/N-ethyl adjacent to an activating group) is 1. The molecule has 16 heavy (non-hydrogen) atoms. The smallest absolute Gasteiger partial charge is 0.0596 e. The van der Waals surface area contributed by atoms with Crippen LogP contribution in [-0.4, -0.2) is 62.3 Å². The number of ether oxygens (including phenoxy) is 1. The molecular formula is C13H28N2O. The molecule has 0 atom stereocenters. The molecule has 96 valence electrons. The number of hydrogen-bond acceptors (Lipinski definition) is 3. The predicted molar refractivity (Wildman–Crippen MR) is 68.9 cm³/mol. The van der Waals surface area contributed by atoms with Gasteiger partial charge in [-0.1, -0.05) is 0 Å². The summed E-state index contributed by atoms with van der Waals surface area (Å²) in [6.45, 7) is 11.2. The highest BCUT2D eigenvalue weighted by atomic mass is 16.5. The van der Waals surface area contributed by atoms with E-state index < -0.39 is 0 Å². The molecule has 3 heteroatoms. The molecule has 1 aliphatic rings. The summed E-state index contributed by atoms with van der Waals surface area (Å²) in [7, 11) is 2.19. The summed E-state index contributed by atoms with van der Waals surface area (Å²) < 4.78 is 5.54. The van der Waals surface area contributed by atoms with Crippen molar-refractivity contribution in [1.82, 2.24) is 9.80 Å². The van der Waals surface area contributed by atoms with Gasteiger partial charge in [-0.3, -0.25) is 0 Å². The third kappa shape index (κ3) is 6.46. The van der Waals surface area contributed by atoms with Gasteiger partial charge in [0.15, 0.2) is 0 Å². The minimum Gasteiger partial charge on any atom is -0.377 e. The van der Waals surface area contributed by atoms with Crippen molar-refractivity contribution in [2.75, 3.05) is 46.4 Å². The van der Waals surface area contributed by atoms with Crippen molar-refractivity contribution >= 4 is 0 Å². The van der Waals surface area contributed by atoms with Crippen LogP contribution in [-0.2, 0) is 4.74 Å². The second-order valence-corrected chi connectivity index (χ2v) is 5.13. The van der Waals surface area contributed by atoms with E-state index in [1.54, 1.807) is 0 Å². The molecule has 0 unspecified atom stereocenters. The van der Waals surface area contributed by atoms with Gasteiger partial charge in [-0.05, 0) is 66.3 Å². The summed E-state index contributed by atoms with van der Waals surface area (Å²) in [6.07, 6.45) is 4.45. The van der Waals surface area contributed by atoms with Crippen LogP contribution in [0, 0.1) is 0 Å². The molecule has 0 saturated carbocycles. The Balaban J connectivity index is 1.91. The first kappa shape index (κ1) is 13.9. The lowest BCUT2D eigenvalue weighted by atomic mass is 10.3. The molecule has 1 fully saturated rings. The van der Waals surface area contributed by atoms with E-state index in [9.17, 15) is 0 Å². The van der Waals surface area contributed by atoms with Crippen LogP contribution >= 0.6 is 0 Å². The normalized spacial score (nSPS) is 17.8. The summed E-state index contributed by atoms with van der Waals surface area (Å²) >= 11 is 0. The number of nitrogens with zero attached hydrogens (tertiary/aromatic N) is 2. The van der Waals surface area contributed by atoms with Crippen LogP contribution < -0.4 is 0 Å². The van der Waals surface area contributed by atoms with E-state index >= 15 is 0 Å². The molecule has 1 saturated heterocycles. The van der Waals surface area contributed by atoms with Gasteiger partial charge in [-0.2, -0.15) is 0 Å². The van der Waals surface area contributed by atoms with Crippen molar-refractivity contribution in [3.8, 4) is 0 Å². The molecule has 1 aliphatic heterocycles. The lowest BCUT2D eigenvalue weighted by molar-refractivity contribution is 0.0633. The summed E-state index contributed by atoms with van der Waals surface area (Å²) in [5.41, 5.74) is 0. The van der Waals surface area contributed by atoms with Crippen LogP contribution in [0.15, 0.2) is 0 Å². The molecule has 0 bridgehead atoms. The summed E-state index contributed by atoms with van der Waals surface area (Å²) in [5, 5.41) is 0. The third-order valence-corrected chi connectivity index (χ3v) is 3.14.